The van der Waals surface area contributed by atoms with Gasteiger partial charge in [0, 0.05) is 11.4 Å². The molecule has 0 heterocycles. The molecular weight excluding hydrogens is 284 g/mol. The fourth-order valence-electron chi connectivity index (χ4n) is 2.36. The van der Waals surface area contributed by atoms with E-state index >= 15 is 0 Å². The van der Waals surface area contributed by atoms with Crippen LogP contribution in [-0.4, -0.2) is 12.5 Å². The summed E-state index contributed by atoms with van der Waals surface area (Å²) in [5.74, 6) is 0.929. The molecule has 0 aliphatic rings. The second kappa shape index (κ2) is 9.06. The average Bonchev–Trinajstić information content (AvgIpc) is 2.44. The number of carbonyl (C=O) groups is 1. The third-order valence-electron chi connectivity index (χ3n) is 3.74. The Labute approximate surface area is 133 Å². The van der Waals surface area contributed by atoms with Crippen molar-refractivity contribution in [2.24, 2.45) is 17.6 Å². The number of amides is 1. The van der Waals surface area contributed by atoms with Gasteiger partial charge in [0.1, 0.15) is 0 Å². The average molecular weight is 311 g/mol. The van der Waals surface area contributed by atoms with E-state index in [1.54, 1.807) is 0 Å². The largest absolute Gasteiger partial charge is 0.349 e. The topological polar surface area (TPSA) is 55.1 Å². The molecule has 3 N–H and O–H groups in total. The van der Waals surface area contributed by atoms with Gasteiger partial charge in [0.05, 0.1) is 6.04 Å². The first-order chi connectivity index (χ1) is 9.93. The van der Waals surface area contributed by atoms with Gasteiger partial charge in [-0.25, -0.2) is 0 Å². The molecule has 1 rings (SSSR count). The second-order valence-corrected chi connectivity index (χ2v) is 6.50. The molecule has 21 heavy (non-hydrogen) atoms. The Kier molecular flexibility index (Phi) is 7.76. The fraction of sp³-hybridized carbons (Fsp3) is 0.588. The Hall–Kier alpha value is -1.06. The summed E-state index contributed by atoms with van der Waals surface area (Å²) in [5.41, 5.74) is 6.63. The van der Waals surface area contributed by atoms with Crippen LogP contribution in [0.2, 0.25) is 5.02 Å². The number of nitrogens with one attached hydrogen (secondary N) is 1. The number of hydrogen-bond acceptors (Lipinski definition) is 2. The summed E-state index contributed by atoms with van der Waals surface area (Å²) in [5, 5.41) is 3.85. The summed E-state index contributed by atoms with van der Waals surface area (Å²) in [6, 6.07) is 7.71. The molecule has 1 amide bonds. The zero-order valence-corrected chi connectivity index (χ0v) is 14.0. The highest BCUT2D eigenvalue weighted by atomic mass is 35.5. The normalized spacial score (nSPS) is 14.0. The lowest BCUT2D eigenvalue weighted by Gasteiger charge is -2.23. The molecule has 1 aromatic rings. The van der Waals surface area contributed by atoms with Crippen molar-refractivity contribution >= 4 is 17.5 Å². The highest BCUT2D eigenvalue weighted by Gasteiger charge is 2.18. The summed E-state index contributed by atoms with van der Waals surface area (Å²) in [7, 11) is 0. The monoisotopic (exact) mass is 310 g/mol. The van der Waals surface area contributed by atoms with Crippen molar-refractivity contribution in [1.82, 2.24) is 5.32 Å². The van der Waals surface area contributed by atoms with Gasteiger partial charge in [-0.2, -0.15) is 0 Å². The third kappa shape index (κ3) is 6.49. The van der Waals surface area contributed by atoms with Crippen molar-refractivity contribution in [3.63, 3.8) is 0 Å². The van der Waals surface area contributed by atoms with Crippen molar-refractivity contribution in [3.05, 3.63) is 34.9 Å². The van der Waals surface area contributed by atoms with Gasteiger partial charge in [0.15, 0.2) is 0 Å². The Bertz CT molecular complexity index is 431. The van der Waals surface area contributed by atoms with Crippen molar-refractivity contribution in [2.75, 3.05) is 6.54 Å². The first kappa shape index (κ1) is 18.0. The molecule has 1 aromatic carbocycles. The number of halogens is 1. The van der Waals surface area contributed by atoms with Crippen LogP contribution in [0.1, 0.15) is 51.6 Å². The Morgan fingerprint density at radius 2 is 1.81 bits per heavy atom. The second-order valence-electron chi connectivity index (χ2n) is 6.06. The first-order valence-corrected chi connectivity index (χ1v) is 8.06. The van der Waals surface area contributed by atoms with Crippen LogP contribution in [0, 0.1) is 11.8 Å². The molecule has 2 unspecified atom stereocenters. The number of hydrogen-bond donors (Lipinski definition) is 2. The van der Waals surface area contributed by atoms with Gasteiger partial charge in [0.2, 0.25) is 5.91 Å². The number of rotatable bonds is 8. The van der Waals surface area contributed by atoms with E-state index in [0.717, 1.165) is 18.4 Å². The van der Waals surface area contributed by atoms with Crippen LogP contribution in [0.4, 0.5) is 0 Å². The molecular formula is C17H27ClN2O. The van der Waals surface area contributed by atoms with Crippen molar-refractivity contribution in [1.29, 1.82) is 0 Å². The van der Waals surface area contributed by atoms with E-state index in [1.165, 1.54) is 0 Å². The molecule has 2 atom stereocenters. The molecule has 0 aliphatic carbocycles. The van der Waals surface area contributed by atoms with Crippen LogP contribution in [-0.2, 0) is 4.79 Å². The minimum absolute atomic E-state index is 0.0274. The van der Waals surface area contributed by atoms with Gasteiger partial charge in [-0.1, -0.05) is 44.5 Å². The SMILES string of the molecule is CC(CCN)CCC(=O)NC(c1ccc(Cl)cc1)C(C)C. The van der Waals surface area contributed by atoms with Gasteiger partial charge >= 0.3 is 0 Å². The van der Waals surface area contributed by atoms with E-state index < -0.39 is 0 Å². The lowest BCUT2D eigenvalue weighted by atomic mass is 9.95. The van der Waals surface area contributed by atoms with Crippen LogP contribution >= 0.6 is 11.6 Å². The van der Waals surface area contributed by atoms with E-state index in [9.17, 15) is 4.79 Å². The van der Waals surface area contributed by atoms with Gasteiger partial charge in [-0.15, -0.1) is 0 Å². The highest BCUT2D eigenvalue weighted by Crippen LogP contribution is 2.23. The predicted molar refractivity (Wildman–Crippen MR) is 89.2 cm³/mol. The molecule has 0 aliphatic heterocycles. The molecule has 3 nitrogen and oxygen atoms in total. The smallest absolute Gasteiger partial charge is 0.220 e. The summed E-state index contributed by atoms with van der Waals surface area (Å²) in [6.45, 7) is 7.04. The van der Waals surface area contributed by atoms with E-state index in [0.29, 0.717) is 29.8 Å². The lowest BCUT2D eigenvalue weighted by Crippen LogP contribution is -2.31. The number of nitrogens with two attached hydrogens (primary N) is 1. The Balaban J connectivity index is 2.58. The van der Waals surface area contributed by atoms with E-state index in [1.807, 2.05) is 24.3 Å². The molecule has 4 heteroatoms. The van der Waals surface area contributed by atoms with Gasteiger partial charge in [0.25, 0.3) is 0 Å². The molecule has 0 radical (unpaired) electrons. The minimum Gasteiger partial charge on any atom is -0.349 e. The van der Waals surface area contributed by atoms with Gasteiger partial charge < -0.3 is 11.1 Å². The summed E-state index contributed by atoms with van der Waals surface area (Å²) < 4.78 is 0. The van der Waals surface area contributed by atoms with E-state index in [-0.39, 0.29) is 11.9 Å². The van der Waals surface area contributed by atoms with E-state index in [4.69, 9.17) is 17.3 Å². The molecule has 0 fully saturated rings. The Morgan fingerprint density at radius 3 is 2.33 bits per heavy atom. The zero-order valence-electron chi connectivity index (χ0n) is 13.2. The lowest BCUT2D eigenvalue weighted by molar-refractivity contribution is -0.122. The van der Waals surface area contributed by atoms with E-state index in [2.05, 4.69) is 26.1 Å². The third-order valence-corrected chi connectivity index (χ3v) is 3.99. The zero-order chi connectivity index (χ0) is 15.8. The molecule has 0 aromatic heterocycles. The number of benzene rings is 1. The molecule has 0 spiro atoms. The number of carbonyl (C=O) groups excluding carboxylic acids is 1. The predicted octanol–water partition coefficient (Wildman–Crippen LogP) is 3.92. The minimum atomic E-state index is 0.0274. The maximum absolute atomic E-state index is 12.1. The van der Waals surface area contributed by atoms with Crippen LogP contribution < -0.4 is 11.1 Å². The quantitative estimate of drug-likeness (QED) is 0.764. The summed E-state index contributed by atoms with van der Waals surface area (Å²) >= 11 is 5.92. The highest BCUT2D eigenvalue weighted by molar-refractivity contribution is 6.30. The summed E-state index contributed by atoms with van der Waals surface area (Å²) in [6.07, 6.45) is 2.41. The molecule has 0 saturated carbocycles. The standard InChI is InChI=1S/C17H27ClN2O/c1-12(2)17(14-5-7-15(18)8-6-14)20-16(21)9-4-13(3)10-11-19/h5-8,12-13,17H,4,9-11,19H2,1-3H3,(H,20,21). The van der Waals surface area contributed by atoms with Crippen LogP contribution in [0.15, 0.2) is 24.3 Å². The molecule has 0 bridgehead atoms. The first-order valence-electron chi connectivity index (χ1n) is 7.69. The van der Waals surface area contributed by atoms with Gasteiger partial charge in [-0.05, 0) is 48.9 Å². The van der Waals surface area contributed by atoms with Crippen LogP contribution in [0.3, 0.4) is 0 Å². The van der Waals surface area contributed by atoms with Crippen molar-refractivity contribution < 1.29 is 4.79 Å². The maximum Gasteiger partial charge on any atom is 0.220 e. The molecule has 118 valence electrons. The maximum atomic E-state index is 12.1. The van der Waals surface area contributed by atoms with Crippen molar-refractivity contribution in [2.45, 2.75) is 46.1 Å². The van der Waals surface area contributed by atoms with Crippen LogP contribution in [0.25, 0.3) is 0 Å². The van der Waals surface area contributed by atoms with Crippen LogP contribution in [0.5, 0.6) is 0 Å². The van der Waals surface area contributed by atoms with Crippen molar-refractivity contribution in [3.8, 4) is 0 Å². The fourth-order valence-corrected chi connectivity index (χ4v) is 2.48. The summed E-state index contributed by atoms with van der Waals surface area (Å²) in [4.78, 5) is 12.1. The molecule has 0 saturated heterocycles. The van der Waals surface area contributed by atoms with Gasteiger partial charge in [-0.3, -0.25) is 4.79 Å². The Morgan fingerprint density at radius 1 is 1.19 bits per heavy atom.